The van der Waals surface area contributed by atoms with Gasteiger partial charge in [-0.1, -0.05) is 19.1 Å². The van der Waals surface area contributed by atoms with Gasteiger partial charge in [0.15, 0.2) is 0 Å². The highest BCUT2D eigenvalue weighted by molar-refractivity contribution is 5.84. The summed E-state index contributed by atoms with van der Waals surface area (Å²) in [6.45, 7) is 6.75. The number of nitrogens with one attached hydrogen (secondary N) is 1. The van der Waals surface area contributed by atoms with Gasteiger partial charge in [0, 0.05) is 50.0 Å². The fourth-order valence-corrected chi connectivity index (χ4v) is 3.03. The molecule has 2 atom stereocenters. The summed E-state index contributed by atoms with van der Waals surface area (Å²) in [6.07, 6.45) is 4.90. The number of likely N-dealkylation sites (tertiary alicyclic amines) is 1. The summed E-state index contributed by atoms with van der Waals surface area (Å²) in [4.78, 5) is 14.1. The lowest BCUT2D eigenvalue weighted by Gasteiger charge is -2.59. The predicted molar refractivity (Wildman–Crippen MR) is 58.6 cm³/mol. The number of nitrogens with zero attached hydrogens (tertiary/aromatic N) is 1. The number of allylic oxidation sites excluding steroid dienone is 1. The Morgan fingerprint density at radius 3 is 2.80 bits per heavy atom. The van der Waals surface area contributed by atoms with Crippen LogP contribution in [0.5, 0.6) is 0 Å². The molecule has 0 aromatic carbocycles. The van der Waals surface area contributed by atoms with Crippen LogP contribution in [0.2, 0.25) is 0 Å². The molecule has 3 nitrogen and oxygen atoms in total. The third-order valence-electron chi connectivity index (χ3n) is 4.17. The van der Waals surface area contributed by atoms with Crippen LogP contribution in [-0.2, 0) is 4.79 Å². The van der Waals surface area contributed by atoms with Gasteiger partial charge in [0.1, 0.15) is 5.78 Å². The first-order chi connectivity index (χ1) is 7.20. The first-order valence-electron chi connectivity index (χ1n) is 5.84. The number of carbonyl (C=O) groups is 1. The molecule has 0 bridgehead atoms. The molecular weight excluding hydrogens is 188 g/mol. The Bertz CT molecular complexity index is 312. The van der Waals surface area contributed by atoms with Gasteiger partial charge in [0.2, 0.25) is 0 Å². The maximum atomic E-state index is 11.6. The van der Waals surface area contributed by atoms with E-state index in [0.29, 0.717) is 23.7 Å². The number of hydrogen-bond donors (Lipinski definition) is 1. The summed E-state index contributed by atoms with van der Waals surface area (Å²) < 4.78 is 0. The number of carbonyl (C=O) groups excluding carboxylic acids is 1. The van der Waals surface area contributed by atoms with Crippen LogP contribution in [0.4, 0.5) is 0 Å². The number of rotatable bonds is 1. The van der Waals surface area contributed by atoms with E-state index in [9.17, 15) is 4.79 Å². The van der Waals surface area contributed by atoms with Gasteiger partial charge in [-0.3, -0.25) is 9.69 Å². The average molecular weight is 206 g/mol. The second-order valence-electron chi connectivity index (χ2n) is 5.39. The first kappa shape index (κ1) is 9.55. The average Bonchev–Trinajstić information content (AvgIpc) is 2.07. The Morgan fingerprint density at radius 1 is 1.47 bits per heavy atom. The summed E-state index contributed by atoms with van der Waals surface area (Å²) in [6, 6.07) is 0.373. The molecule has 3 rings (SSSR count). The predicted octanol–water partition coefficient (Wildman–Crippen LogP) is 0.425. The van der Waals surface area contributed by atoms with E-state index in [4.69, 9.17) is 0 Å². The molecule has 0 amide bonds. The van der Waals surface area contributed by atoms with Gasteiger partial charge in [0.25, 0.3) is 0 Å². The molecule has 0 aromatic rings. The summed E-state index contributed by atoms with van der Waals surface area (Å²) in [5, 5.41) is 3.34. The summed E-state index contributed by atoms with van der Waals surface area (Å²) in [7, 11) is 0. The van der Waals surface area contributed by atoms with Crippen LogP contribution in [0, 0.1) is 11.3 Å². The van der Waals surface area contributed by atoms with E-state index in [-0.39, 0.29) is 5.92 Å². The van der Waals surface area contributed by atoms with Crippen LogP contribution in [0.1, 0.15) is 13.3 Å². The summed E-state index contributed by atoms with van der Waals surface area (Å²) >= 11 is 0. The van der Waals surface area contributed by atoms with Crippen molar-refractivity contribution in [1.29, 1.82) is 0 Å². The zero-order chi connectivity index (χ0) is 10.5. The minimum Gasteiger partial charge on any atom is -0.315 e. The van der Waals surface area contributed by atoms with Gasteiger partial charge in [-0.2, -0.15) is 0 Å². The highest BCUT2D eigenvalue weighted by Gasteiger charge is 2.50. The molecule has 2 fully saturated rings. The minimum atomic E-state index is 0.195. The lowest BCUT2D eigenvalue weighted by molar-refractivity contribution is -0.127. The smallest absolute Gasteiger partial charge is 0.141 e. The highest BCUT2D eigenvalue weighted by Crippen LogP contribution is 2.37. The molecule has 1 spiro atoms. The van der Waals surface area contributed by atoms with Crippen molar-refractivity contribution in [3.63, 3.8) is 0 Å². The molecule has 15 heavy (non-hydrogen) atoms. The van der Waals surface area contributed by atoms with Gasteiger partial charge in [-0.05, 0) is 0 Å². The molecule has 1 N–H and O–H groups in total. The van der Waals surface area contributed by atoms with Crippen molar-refractivity contribution < 1.29 is 4.79 Å². The Balaban J connectivity index is 1.66. The van der Waals surface area contributed by atoms with E-state index in [1.54, 1.807) is 0 Å². The zero-order valence-corrected chi connectivity index (χ0v) is 9.20. The molecule has 82 valence electrons. The topological polar surface area (TPSA) is 32.3 Å². The van der Waals surface area contributed by atoms with E-state index in [2.05, 4.69) is 23.2 Å². The minimum absolute atomic E-state index is 0.195. The molecule has 1 aliphatic carbocycles. The van der Waals surface area contributed by atoms with Crippen molar-refractivity contribution >= 4 is 5.78 Å². The normalized spacial score (nSPS) is 38.9. The van der Waals surface area contributed by atoms with Crippen molar-refractivity contribution in [2.24, 2.45) is 11.3 Å². The van der Waals surface area contributed by atoms with Gasteiger partial charge < -0.3 is 5.32 Å². The van der Waals surface area contributed by atoms with Crippen LogP contribution in [0.25, 0.3) is 0 Å². The maximum absolute atomic E-state index is 11.6. The molecule has 0 aromatic heterocycles. The second-order valence-corrected chi connectivity index (χ2v) is 5.39. The quantitative estimate of drug-likeness (QED) is 0.631. The molecule has 3 aliphatic rings. The van der Waals surface area contributed by atoms with E-state index in [1.807, 2.05) is 6.08 Å². The molecule has 0 saturated carbocycles. The monoisotopic (exact) mass is 206 g/mol. The summed E-state index contributed by atoms with van der Waals surface area (Å²) in [5.74, 6) is 0.593. The van der Waals surface area contributed by atoms with Crippen LogP contribution in [-0.4, -0.2) is 42.9 Å². The largest absolute Gasteiger partial charge is 0.315 e. The van der Waals surface area contributed by atoms with Crippen molar-refractivity contribution in [3.8, 4) is 0 Å². The molecule has 2 unspecified atom stereocenters. The van der Waals surface area contributed by atoms with Gasteiger partial charge >= 0.3 is 0 Å². The van der Waals surface area contributed by atoms with Crippen molar-refractivity contribution in [1.82, 2.24) is 10.2 Å². The molecule has 2 aliphatic heterocycles. The Morgan fingerprint density at radius 2 is 2.20 bits per heavy atom. The van der Waals surface area contributed by atoms with Crippen LogP contribution in [0.3, 0.4) is 0 Å². The first-order valence-corrected chi connectivity index (χ1v) is 5.84. The molecular formula is C12H18N2O. The third kappa shape index (κ3) is 1.37. The van der Waals surface area contributed by atoms with Gasteiger partial charge in [-0.15, -0.1) is 0 Å². The second kappa shape index (κ2) is 3.16. The van der Waals surface area contributed by atoms with Crippen LogP contribution < -0.4 is 5.32 Å². The standard InChI is InChI=1S/C12H18N2O/c1-9-10(3-2-4-11(9)15)14-7-12(8-14)5-13-6-12/h2-3,9-10,13H,4-8H2,1H3. The van der Waals surface area contributed by atoms with E-state index in [0.717, 1.165) is 0 Å². The molecule has 3 heteroatoms. The number of ketones is 1. The molecule has 2 saturated heterocycles. The van der Waals surface area contributed by atoms with Crippen molar-refractivity contribution in [2.75, 3.05) is 26.2 Å². The molecule has 2 heterocycles. The SMILES string of the molecule is CC1C(=O)CC=CC1N1CC2(CNC2)C1. The van der Waals surface area contributed by atoms with E-state index in [1.165, 1.54) is 26.2 Å². The maximum Gasteiger partial charge on any atom is 0.141 e. The van der Waals surface area contributed by atoms with Gasteiger partial charge in [0.05, 0.1) is 0 Å². The fourth-order valence-electron chi connectivity index (χ4n) is 3.03. The van der Waals surface area contributed by atoms with Crippen molar-refractivity contribution in [2.45, 2.75) is 19.4 Å². The Hall–Kier alpha value is -0.670. The lowest BCUT2D eigenvalue weighted by Crippen LogP contribution is -2.73. The van der Waals surface area contributed by atoms with E-state index < -0.39 is 0 Å². The van der Waals surface area contributed by atoms with E-state index >= 15 is 0 Å². The third-order valence-corrected chi connectivity index (χ3v) is 4.17. The summed E-state index contributed by atoms with van der Waals surface area (Å²) in [5.41, 5.74) is 0.564. The molecule has 0 radical (unpaired) electrons. The van der Waals surface area contributed by atoms with Crippen molar-refractivity contribution in [3.05, 3.63) is 12.2 Å². The van der Waals surface area contributed by atoms with Gasteiger partial charge in [-0.25, -0.2) is 0 Å². The Labute approximate surface area is 90.5 Å². The van der Waals surface area contributed by atoms with Crippen LogP contribution >= 0.6 is 0 Å². The number of hydrogen-bond acceptors (Lipinski definition) is 3. The number of Topliss-reactive ketones (excluding diaryl/α,β-unsaturated/α-hetero) is 1. The van der Waals surface area contributed by atoms with Crippen LogP contribution in [0.15, 0.2) is 12.2 Å². The zero-order valence-electron chi connectivity index (χ0n) is 9.20. The fraction of sp³-hybridized carbons (Fsp3) is 0.750. The Kier molecular flexibility index (Phi) is 2.01. The highest BCUT2D eigenvalue weighted by atomic mass is 16.1. The lowest BCUT2D eigenvalue weighted by atomic mass is 9.72.